The molecular formula is C11H15ClN2O2. The molecule has 88 valence electrons. The van der Waals surface area contributed by atoms with E-state index in [4.69, 9.17) is 16.4 Å². The van der Waals surface area contributed by atoms with Gasteiger partial charge in [0.2, 0.25) is 0 Å². The second-order valence-electron chi connectivity index (χ2n) is 4.25. The number of hydroxylamine groups is 1. The lowest BCUT2D eigenvalue weighted by Crippen LogP contribution is -2.36. The molecule has 0 saturated heterocycles. The maximum atomic E-state index is 11.4. The van der Waals surface area contributed by atoms with E-state index in [2.05, 4.69) is 10.8 Å². The van der Waals surface area contributed by atoms with Crippen molar-refractivity contribution in [1.82, 2.24) is 5.48 Å². The Morgan fingerprint density at radius 1 is 1.31 bits per heavy atom. The lowest BCUT2D eigenvalue weighted by atomic mass is 10.2. The maximum Gasteiger partial charge on any atom is 0.343 e. The first kappa shape index (κ1) is 12.8. The van der Waals surface area contributed by atoms with Crippen LogP contribution < -0.4 is 10.8 Å². The van der Waals surface area contributed by atoms with E-state index in [0.29, 0.717) is 10.7 Å². The summed E-state index contributed by atoms with van der Waals surface area (Å²) in [5.41, 5.74) is 2.40. The lowest BCUT2D eigenvalue weighted by molar-refractivity contribution is -0.0505. The highest BCUT2D eigenvalue weighted by atomic mass is 35.5. The number of amides is 2. The molecule has 2 N–H and O–H groups in total. The van der Waals surface area contributed by atoms with Crippen LogP contribution in [0.5, 0.6) is 0 Å². The molecule has 0 aliphatic carbocycles. The predicted octanol–water partition coefficient (Wildman–Crippen LogP) is 3.19. The summed E-state index contributed by atoms with van der Waals surface area (Å²) in [7, 11) is 0. The van der Waals surface area contributed by atoms with Crippen molar-refractivity contribution in [2.75, 3.05) is 5.32 Å². The number of carbonyl (C=O) groups excluding carboxylic acids is 1. The van der Waals surface area contributed by atoms with Crippen LogP contribution in [0.1, 0.15) is 20.8 Å². The average Bonchev–Trinajstić information content (AvgIpc) is 2.18. The van der Waals surface area contributed by atoms with Crippen LogP contribution in [0.15, 0.2) is 24.3 Å². The Hall–Kier alpha value is -1.26. The van der Waals surface area contributed by atoms with Crippen LogP contribution in [0, 0.1) is 0 Å². The van der Waals surface area contributed by atoms with Gasteiger partial charge in [-0.05, 0) is 32.9 Å². The van der Waals surface area contributed by atoms with Crippen LogP contribution in [0.2, 0.25) is 5.02 Å². The number of para-hydroxylation sites is 1. The topological polar surface area (TPSA) is 50.4 Å². The summed E-state index contributed by atoms with van der Waals surface area (Å²) in [6.45, 7) is 5.51. The fourth-order valence-electron chi connectivity index (χ4n) is 0.910. The number of halogens is 1. The van der Waals surface area contributed by atoms with E-state index in [-0.39, 0.29) is 0 Å². The minimum Gasteiger partial charge on any atom is -0.305 e. The van der Waals surface area contributed by atoms with Gasteiger partial charge in [0.1, 0.15) is 0 Å². The van der Waals surface area contributed by atoms with E-state index in [9.17, 15) is 4.79 Å². The molecule has 1 rings (SSSR count). The van der Waals surface area contributed by atoms with Gasteiger partial charge in [-0.1, -0.05) is 23.7 Å². The Morgan fingerprint density at radius 3 is 2.50 bits per heavy atom. The van der Waals surface area contributed by atoms with Gasteiger partial charge in [0.05, 0.1) is 16.3 Å². The number of anilines is 1. The van der Waals surface area contributed by atoms with Crippen LogP contribution >= 0.6 is 11.6 Å². The van der Waals surface area contributed by atoms with E-state index < -0.39 is 11.6 Å². The summed E-state index contributed by atoms with van der Waals surface area (Å²) in [5.74, 6) is 0. The molecule has 0 aliphatic rings. The largest absolute Gasteiger partial charge is 0.343 e. The van der Waals surface area contributed by atoms with Crippen molar-refractivity contribution in [1.29, 1.82) is 0 Å². The molecule has 0 aliphatic heterocycles. The van der Waals surface area contributed by atoms with E-state index in [1.54, 1.807) is 24.3 Å². The van der Waals surface area contributed by atoms with Gasteiger partial charge in [-0.2, -0.15) is 0 Å². The highest BCUT2D eigenvalue weighted by Gasteiger charge is 2.13. The molecule has 0 bridgehead atoms. The van der Waals surface area contributed by atoms with Crippen LogP contribution in [0.4, 0.5) is 10.5 Å². The normalized spacial score (nSPS) is 11.0. The predicted molar refractivity (Wildman–Crippen MR) is 64.4 cm³/mol. The van der Waals surface area contributed by atoms with Crippen molar-refractivity contribution < 1.29 is 9.63 Å². The van der Waals surface area contributed by atoms with Crippen molar-refractivity contribution in [3.63, 3.8) is 0 Å². The second-order valence-corrected chi connectivity index (χ2v) is 4.66. The molecule has 5 heteroatoms. The minimum absolute atomic E-state index is 0.433. The van der Waals surface area contributed by atoms with Gasteiger partial charge < -0.3 is 5.32 Å². The number of carbonyl (C=O) groups is 1. The maximum absolute atomic E-state index is 11.4. The fraction of sp³-hybridized carbons (Fsp3) is 0.364. The summed E-state index contributed by atoms with van der Waals surface area (Å²) in [5, 5.41) is 3.06. The van der Waals surface area contributed by atoms with Crippen molar-refractivity contribution in [3.05, 3.63) is 29.3 Å². The molecule has 0 heterocycles. The third-order valence-electron chi connectivity index (χ3n) is 1.57. The molecule has 1 aromatic rings. The van der Waals surface area contributed by atoms with Gasteiger partial charge in [0.25, 0.3) is 0 Å². The van der Waals surface area contributed by atoms with Crippen LogP contribution in [0.25, 0.3) is 0 Å². The summed E-state index contributed by atoms with van der Waals surface area (Å²) < 4.78 is 0. The van der Waals surface area contributed by atoms with Crippen molar-refractivity contribution in [2.24, 2.45) is 0 Å². The third-order valence-corrected chi connectivity index (χ3v) is 1.90. The average molecular weight is 243 g/mol. The second kappa shape index (κ2) is 5.18. The molecule has 0 fully saturated rings. The number of hydrogen-bond acceptors (Lipinski definition) is 2. The van der Waals surface area contributed by atoms with E-state index in [0.717, 1.165) is 0 Å². The summed E-state index contributed by atoms with van der Waals surface area (Å²) >= 11 is 5.88. The minimum atomic E-state index is -0.456. The smallest absolute Gasteiger partial charge is 0.305 e. The van der Waals surface area contributed by atoms with Gasteiger partial charge in [-0.15, -0.1) is 0 Å². The van der Waals surface area contributed by atoms with Crippen molar-refractivity contribution >= 4 is 23.3 Å². The molecule has 0 aromatic heterocycles. The van der Waals surface area contributed by atoms with Crippen molar-refractivity contribution in [3.8, 4) is 0 Å². The SMILES string of the molecule is CC(C)(C)ONC(=O)Nc1ccccc1Cl. The molecule has 1 aromatic carbocycles. The standard InChI is InChI=1S/C11H15ClN2O2/c1-11(2,3)16-14-10(15)13-9-7-5-4-6-8(9)12/h4-7H,1-3H3,(H2,13,14,15). The molecule has 4 nitrogen and oxygen atoms in total. The molecule has 16 heavy (non-hydrogen) atoms. The molecule has 2 amide bonds. The zero-order valence-electron chi connectivity index (χ0n) is 9.50. The van der Waals surface area contributed by atoms with E-state index in [1.807, 2.05) is 20.8 Å². The molecule has 0 unspecified atom stereocenters. The number of benzene rings is 1. The van der Waals surface area contributed by atoms with Gasteiger partial charge in [0, 0.05) is 0 Å². The number of hydrogen-bond donors (Lipinski definition) is 2. The summed E-state index contributed by atoms with van der Waals surface area (Å²) in [6, 6.07) is 6.52. The Labute approximate surface area is 99.9 Å². The summed E-state index contributed by atoms with van der Waals surface area (Å²) in [4.78, 5) is 16.5. The van der Waals surface area contributed by atoms with Crippen LogP contribution in [-0.4, -0.2) is 11.6 Å². The van der Waals surface area contributed by atoms with Crippen molar-refractivity contribution in [2.45, 2.75) is 26.4 Å². The zero-order valence-corrected chi connectivity index (χ0v) is 10.3. The van der Waals surface area contributed by atoms with Gasteiger partial charge >= 0.3 is 6.03 Å². The van der Waals surface area contributed by atoms with Gasteiger partial charge in [-0.3, -0.25) is 4.84 Å². The third kappa shape index (κ3) is 4.51. The molecule has 0 radical (unpaired) electrons. The number of nitrogens with one attached hydrogen (secondary N) is 2. The van der Waals surface area contributed by atoms with E-state index in [1.165, 1.54) is 0 Å². The van der Waals surface area contributed by atoms with Gasteiger partial charge in [0.15, 0.2) is 0 Å². The first-order valence-electron chi connectivity index (χ1n) is 4.88. The fourth-order valence-corrected chi connectivity index (χ4v) is 1.09. The first-order chi connectivity index (χ1) is 7.38. The summed E-state index contributed by atoms with van der Waals surface area (Å²) in [6.07, 6.45) is 0. The first-order valence-corrected chi connectivity index (χ1v) is 5.26. The Morgan fingerprint density at radius 2 is 1.94 bits per heavy atom. The van der Waals surface area contributed by atoms with E-state index >= 15 is 0 Å². The highest BCUT2D eigenvalue weighted by Crippen LogP contribution is 2.20. The number of urea groups is 1. The molecular weight excluding hydrogens is 228 g/mol. The van der Waals surface area contributed by atoms with Crippen LogP contribution in [0.3, 0.4) is 0 Å². The zero-order chi connectivity index (χ0) is 12.2. The number of rotatable bonds is 2. The Kier molecular flexibility index (Phi) is 4.15. The Bertz CT molecular complexity index is 374. The monoisotopic (exact) mass is 242 g/mol. The molecule has 0 spiro atoms. The molecule has 0 atom stereocenters. The Balaban J connectivity index is 2.50. The van der Waals surface area contributed by atoms with Crippen LogP contribution in [-0.2, 0) is 4.84 Å². The quantitative estimate of drug-likeness (QED) is 0.783. The van der Waals surface area contributed by atoms with Gasteiger partial charge in [-0.25, -0.2) is 10.3 Å². The lowest BCUT2D eigenvalue weighted by Gasteiger charge is -2.19. The molecule has 0 saturated carbocycles. The highest BCUT2D eigenvalue weighted by molar-refractivity contribution is 6.33.